The first kappa shape index (κ1) is 54.9. The van der Waals surface area contributed by atoms with E-state index in [0.717, 1.165) is 56.8 Å². The van der Waals surface area contributed by atoms with Crippen LogP contribution in [0, 0.1) is 23.5 Å². The van der Waals surface area contributed by atoms with Crippen molar-refractivity contribution in [2.45, 2.75) is 75.3 Å². The zero-order valence-electron chi connectivity index (χ0n) is 38.2. The minimum atomic E-state index is -5.24. The summed E-state index contributed by atoms with van der Waals surface area (Å²) >= 11 is 6.61. The summed E-state index contributed by atoms with van der Waals surface area (Å²) in [5.41, 5.74) is -6.28. The van der Waals surface area contributed by atoms with Crippen LogP contribution in [0.3, 0.4) is 0 Å². The number of carbonyl (C=O) groups is 3. The van der Waals surface area contributed by atoms with Gasteiger partial charge in [0.25, 0.3) is 5.92 Å². The number of aromatic nitrogens is 5. The number of sulfonamides is 1. The summed E-state index contributed by atoms with van der Waals surface area (Å²) in [6.45, 7) is -1.77. The van der Waals surface area contributed by atoms with E-state index in [1.165, 1.54) is 13.8 Å². The number of urea groups is 1. The normalized spacial score (nSPS) is 14.3. The van der Waals surface area contributed by atoms with Crippen LogP contribution in [0.25, 0.3) is 22.0 Å². The number of hydrogen-bond acceptors (Lipinski definition) is 11. The number of pyridine rings is 1. The number of benzene rings is 2. The molecule has 5 aromatic rings. The molecule has 1 atom stereocenters. The van der Waals surface area contributed by atoms with Gasteiger partial charge in [-0.1, -0.05) is 23.6 Å². The average Bonchev–Trinajstić information content (AvgIpc) is 3.89. The predicted octanol–water partition coefficient (Wildman–Crippen LogP) is 7.11. The van der Waals surface area contributed by atoms with E-state index >= 15 is 8.78 Å². The molecule has 3 aromatic heterocycles. The fraction of sp³-hybridized carbons (Fsp3) is 0.395. The van der Waals surface area contributed by atoms with Gasteiger partial charge in [0.15, 0.2) is 21.3 Å². The second-order valence-corrected chi connectivity index (χ2v) is 21.8. The third kappa shape index (κ3) is 11.7. The van der Waals surface area contributed by atoms with Crippen LogP contribution in [0.15, 0.2) is 42.5 Å². The third-order valence-electron chi connectivity index (χ3n) is 11.1. The summed E-state index contributed by atoms with van der Waals surface area (Å²) in [6.07, 6.45) is -11.6. The van der Waals surface area contributed by atoms with E-state index in [2.05, 4.69) is 37.1 Å². The fourth-order valence-electron chi connectivity index (χ4n) is 7.57. The lowest BCUT2D eigenvalue weighted by Gasteiger charge is -2.24. The first-order chi connectivity index (χ1) is 33.0. The van der Waals surface area contributed by atoms with Crippen molar-refractivity contribution in [3.63, 3.8) is 0 Å². The highest BCUT2D eigenvalue weighted by atomic mass is 35.5. The van der Waals surface area contributed by atoms with Gasteiger partial charge in [0.05, 0.1) is 41.0 Å². The van der Waals surface area contributed by atoms with E-state index in [1.54, 1.807) is 0 Å². The lowest BCUT2D eigenvalue weighted by molar-refractivity contribution is -0.143. The van der Waals surface area contributed by atoms with Gasteiger partial charge in [0.1, 0.15) is 47.4 Å². The molecule has 2 aromatic carbocycles. The lowest BCUT2D eigenvalue weighted by atomic mass is 9.93. The lowest BCUT2D eigenvalue weighted by Crippen LogP contribution is -2.46. The van der Waals surface area contributed by atoms with Crippen molar-refractivity contribution < 1.29 is 79.9 Å². The van der Waals surface area contributed by atoms with Crippen LogP contribution < -0.4 is 9.62 Å². The molecule has 3 amide bonds. The van der Waals surface area contributed by atoms with Crippen molar-refractivity contribution in [3.05, 3.63) is 93.0 Å². The number of likely N-dealkylation sites (N-methyl/N-ethyl adjacent to an activating group) is 1. The molecule has 0 saturated heterocycles. The number of halogens is 11. The highest BCUT2D eigenvalue weighted by molar-refractivity contribution is 7.93. The fourth-order valence-corrected chi connectivity index (χ4v) is 8.90. The number of ether oxygens (including phenoxy) is 1. The number of hydrogen-bond donors (Lipinski definition) is 1. The Bertz CT molecular complexity index is 3290. The van der Waals surface area contributed by atoms with Crippen LogP contribution in [-0.2, 0) is 72.2 Å². The SMILES string of the molecule is COC(=O)CN(C)C(=O)N(c1nn(CC(F)(F)F)c2c(-c3ccc(C#CC(C)(C)S(C)(=O)=O)nc3[C@H](Cc3cc(F)cc(F)c3)NC(=O)Cn3nc(C(F)(F)F)c4c3C(F)(F)CC4)ccc(Cl)c12)S(C)(=O)=O. The van der Waals surface area contributed by atoms with E-state index in [9.17, 15) is 66.3 Å². The van der Waals surface area contributed by atoms with Crippen molar-refractivity contribution >= 4 is 66.1 Å². The van der Waals surface area contributed by atoms with E-state index in [-0.39, 0.29) is 30.5 Å². The summed E-state index contributed by atoms with van der Waals surface area (Å²) in [7, 11) is -6.91. The predicted molar refractivity (Wildman–Crippen MR) is 238 cm³/mol. The number of anilines is 1. The number of esters is 1. The molecule has 0 spiro atoms. The molecule has 29 heteroatoms. The molecule has 0 aliphatic heterocycles. The summed E-state index contributed by atoms with van der Waals surface area (Å²) in [5.74, 6) is -4.58. The van der Waals surface area contributed by atoms with Crippen LogP contribution in [0.1, 0.15) is 60.2 Å². The number of alkyl halides is 8. The first-order valence-corrected chi connectivity index (χ1v) is 24.8. The van der Waals surface area contributed by atoms with Crippen LogP contribution >= 0.6 is 11.6 Å². The molecule has 72 heavy (non-hydrogen) atoms. The van der Waals surface area contributed by atoms with Gasteiger partial charge in [0.2, 0.25) is 15.9 Å². The van der Waals surface area contributed by atoms with Gasteiger partial charge in [0, 0.05) is 42.5 Å². The largest absolute Gasteiger partial charge is 0.468 e. The first-order valence-electron chi connectivity index (χ1n) is 20.6. The Morgan fingerprint density at radius 3 is 2.14 bits per heavy atom. The summed E-state index contributed by atoms with van der Waals surface area (Å²) in [5, 5.41) is 8.41. The van der Waals surface area contributed by atoms with Gasteiger partial charge in [-0.25, -0.2) is 35.4 Å². The van der Waals surface area contributed by atoms with Crippen molar-refractivity contribution in [1.29, 1.82) is 0 Å². The zero-order valence-corrected chi connectivity index (χ0v) is 40.6. The van der Waals surface area contributed by atoms with Gasteiger partial charge in [-0.2, -0.15) is 49.6 Å². The second-order valence-electron chi connectivity index (χ2n) is 17.0. The maximum atomic E-state index is 15.2. The molecular weight excluding hydrogens is 1050 g/mol. The van der Waals surface area contributed by atoms with Crippen molar-refractivity contribution in [3.8, 4) is 23.0 Å². The average molecular weight is 1090 g/mol. The number of amides is 3. The molecule has 16 nitrogen and oxygen atoms in total. The van der Waals surface area contributed by atoms with Crippen molar-refractivity contribution in [1.82, 2.24) is 34.8 Å². The van der Waals surface area contributed by atoms with Gasteiger partial charge >= 0.3 is 24.4 Å². The summed E-state index contributed by atoms with van der Waals surface area (Å²) in [4.78, 5) is 45.0. The minimum Gasteiger partial charge on any atom is -0.468 e. The van der Waals surface area contributed by atoms with Crippen LogP contribution in [0.4, 0.5) is 54.5 Å². The molecule has 0 fully saturated rings. The van der Waals surface area contributed by atoms with E-state index < -0.39 is 167 Å². The molecule has 0 bridgehead atoms. The molecule has 0 radical (unpaired) electrons. The Hall–Kier alpha value is -6.47. The molecule has 1 N–H and O–H groups in total. The summed E-state index contributed by atoms with van der Waals surface area (Å²) < 4.78 is 201. The standard InChI is InChI=1S/C43H39ClF10N8O8S2/c1-40(2,71(5,66)67)13-11-25-7-8-26(27-9-10-29(44)33-35(27)61(21-42(49,50)51)58-38(33)62(72(6,68)69)39(65)59(3)20-32(64)70-4)34(55-25)30(17-22-15-23(45)18-24(46)16-22)56-31(63)19-60-37-28(12-14-41(37,47)48)36(57-60)43(52,53)54/h7-10,15-16,18,30H,12,14,17,19-21H2,1-6H3,(H,56,63)/t30-/m0/s1. The molecule has 0 unspecified atom stereocenters. The monoisotopic (exact) mass is 1080 g/mol. The van der Waals surface area contributed by atoms with Crippen LogP contribution in [0.5, 0.6) is 0 Å². The van der Waals surface area contributed by atoms with E-state index in [1.807, 2.05) is 0 Å². The van der Waals surface area contributed by atoms with Crippen LogP contribution in [0.2, 0.25) is 5.02 Å². The number of nitrogens with one attached hydrogen (secondary N) is 1. The molecule has 0 saturated carbocycles. The Morgan fingerprint density at radius 2 is 1.57 bits per heavy atom. The number of rotatable bonds is 13. The van der Waals surface area contributed by atoms with Gasteiger partial charge in [-0.15, -0.1) is 0 Å². The number of carbonyl (C=O) groups excluding carboxylic acids is 3. The molecule has 388 valence electrons. The number of sulfone groups is 1. The zero-order chi connectivity index (χ0) is 53.8. The summed E-state index contributed by atoms with van der Waals surface area (Å²) in [6, 6.07) is 3.05. The number of fused-ring (bicyclic) bond motifs is 2. The Kier molecular flexibility index (Phi) is 14.9. The number of nitrogens with zero attached hydrogens (tertiary/aromatic N) is 7. The molecule has 6 rings (SSSR count). The maximum absolute atomic E-state index is 15.2. The molecule has 1 aliphatic carbocycles. The maximum Gasteiger partial charge on any atom is 0.435 e. The second kappa shape index (κ2) is 19.5. The molecular formula is C43H39ClF10N8O8S2. The highest BCUT2D eigenvalue weighted by Gasteiger charge is 2.50. The van der Waals surface area contributed by atoms with E-state index in [4.69, 9.17) is 11.6 Å². The topological polar surface area (TPSA) is 196 Å². The Morgan fingerprint density at radius 1 is 0.944 bits per heavy atom. The smallest absolute Gasteiger partial charge is 0.435 e. The molecule has 3 heterocycles. The van der Waals surface area contributed by atoms with Crippen molar-refractivity contribution in [2.24, 2.45) is 0 Å². The third-order valence-corrected chi connectivity index (χ3v) is 14.3. The minimum absolute atomic E-state index is 0.0382. The van der Waals surface area contributed by atoms with Gasteiger partial charge in [-0.05, 0) is 68.5 Å². The Labute approximate surface area is 408 Å². The molecule has 1 aliphatic rings. The number of methoxy groups -OCH3 is 1. The van der Waals surface area contributed by atoms with Crippen molar-refractivity contribution in [2.75, 3.05) is 37.5 Å². The van der Waals surface area contributed by atoms with E-state index in [0.29, 0.717) is 17.2 Å². The van der Waals surface area contributed by atoms with Gasteiger partial charge < -0.3 is 15.0 Å². The van der Waals surface area contributed by atoms with Gasteiger partial charge in [-0.3, -0.25) is 19.0 Å². The highest BCUT2D eigenvalue weighted by Crippen LogP contribution is 2.47. The Balaban J connectivity index is 1.66. The van der Waals surface area contributed by atoms with Crippen LogP contribution in [-0.4, -0.2) is 108 Å². The quantitative estimate of drug-likeness (QED) is 0.0717.